The van der Waals surface area contributed by atoms with Crippen molar-refractivity contribution in [3.8, 4) is 22.9 Å². The van der Waals surface area contributed by atoms with Gasteiger partial charge in [-0.15, -0.1) is 20.4 Å². The van der Waals surface area contributed by atoms with E-state index >= 15 is 0 Å². The van der Waals surface area contributed by atoms with Gasteiger partial charge >= 0.3 is 0 Å². The van der Waals surface area contributed by atoms with Gasteiger partial charge in [0.1, 0.15) is 0 Å². The third-order valence-electron chi connectivity index (χ3n) is 6.10. The van der Waals surface area contributed by atoms with E-state index < -0.39 is 0 Å². The maximum Gasteiger partial charge on any atom is 0.251 e. The molecule has 0 aliphatic rings. The molecule has 0 unspecified atom stereocenters. The van der Waals surface area contributed by atoms with Crippen molar-refractivity contribution in [3.05, 3.63) is 52.8 Å². The molecule has 2 aromatic heterocycles. The van der Waals surface area contributed by atoms with Gasteiger partial charge in [-0.2, -0.15) is 0 Å². The van der Waals surface area contributed by atoms with Crippen LogP contribution in [-0.2, 0) is 11.3 Å². The van der Waals surface area contributed by atoms with Gasteiger partial charge in [-0.05, 0) is 48.9 Å². The maximum absolute atomic E-state index is 13.2. The molecule has 0 spiro atoms. The first-order valence-electron chi connectivity index (χ1n) is 12.8. The summed E-state index contributed by atoms with van der Waals surface area (Å²) in [5.74, 6) is 1.97. The molecule has 0 radical (unpaired) electrons. The predicted molar refractivity (Wildman–Crippen MR) is 164 cm³/mol. The number of aryl methyl sites for hydroxylation is 1. The van der Waals surface area contributed by atoms with E-state index in [-0.39, 0.29) is 24.1 Å². The fourth-order valence-corrected chi connectivity index (χ4v) is 6.36. The Morgan fingerprint density at radius 3 is 2.38 bits per heavy atom. The third kappa shape index (κ3) is 7.14. The van der Waals surface area contributed by atoms with Gasteiger partial charge in [-0.3, -0.25) is 19.5 Å². The lowest BCUT2D eigenvalue weighted by atomic mass is 10.1. The minimum Gasteiger partial charge on any atom is -0.493 e. The van der Waals surface area contributed by atoms with Crippen LogP contribution < -0.4 is 24.8 Å². The number of carbonyl (C=O) groups excluding carboxylic acids is 2. The molecular weight excluding hydrogens is 599 g/mol. The van der Waals surface area contributed by atoms with Crippen LogP contribution in [0.4, 0.5) is 5.13 Å². The summed E-state index contributed by atoms with van der Waals surface area (Å²) in [7, 11) is 4.47. The number of rotatable bonds is 13. The number of aromatic nitrogens is 5. The van der Waals surface area contributed by atoms with E-state index in [4.69, 9.17) is 14.2 Å². The predicted octanol–water partition coefficient (Wildman–Crippen LogP) is 4.53. The lowest BCUT2D eigenvalue weighted by Gasteiger charge is -2.15. The van der Waals surface area contributed by atoms with Crippen LogP contribution in [-0.4, -0.2) is 69.6 Å². The SMILES string of the molecule is CCSc1nnc(NC(=O)CSc2nnc(CNC(=O)c3cc(OC)c(OC)c(OC)c3)n2-c2cccc(C)c2C)s1. The van der Waals surface area contributed by atoms with Crippen LogP contribution in [0.2, 0.25) is 0 Å². The molecule has 0 aliphatic carbocycles. The average Bonchev–Trinajstić information content (AvgIpc) is 3.61. The number of anilines is 1. The molecule has 12 nitrogen and oxygen atoms in total. The lowest BCUT2D eigenvalue weighted by molar-refractivity contribution is -0.113. The van der Waals surface area contributed by atoms with Gasteiger partial charge in [-0.1, -0.05) is 53.9 Å². The monoisotopic (exact) mass is 629 g/mol. The summed E-state index contributed by atoms with van der Waals surface area (Å²) in [6.07, 6.45) is 0. The van der Waals surface area contributed by atoms with Crippen molar-refractivity contribution in [2.24, 2.45) is 0 Å². The van der Waals surface area contributed by atoms with Crippen LogP contribution in [0.3, 0.4) is 0 Å². The number of methoxy groups -OCH3 is 3. The molecule has 2 N–H and O–H groups in total. The number of benzene rings is 2. The van der Waals surface area contributed by atoms with Crippen LogP contribution in [0.25, 0.3) is 5.69 Å². The summed E-state index contributed by atoms with van der Waals surface area (Å²) in [6, 6.07) is 9.07. The molecule has 0 fully saturated rings. The molecule has 42 heavy (non-hydrogen) atoms. The summed E-state index contributed by atoms with van der Waals surface area (Å²) < 4.78 is 18.8. The summed E-state index contributed by atoms with van der Waals surface area (Å²) >= 11 is 4.13. The first-order valence-corrected chi connectivity index (χ1v) is 15.6. The standard InChI is InChI=1S/C27H31N7O5S3/c1-7-40-27-33-31-25(42-27)29-22(35)14-41-26-32-30-21(34(26)18-10-8-9-15(2)16(18)3)13-28-24(36)17-11-19(37-4)23(39-6)20(12-17)38-5/h8-12H,7,13-14H2,1-6H3,(H,28,36)(H,29,31,35). The molecule has 0 bridgehead atoms. The largest absolute Gasteiger partial charge is 0.493 e. The highest BCUT2D eigenvalue weighted by molar-refractivity contribution is 8.01. The van der Waals surface area contributed by atoms with E-state index in [1.807, 2.05) is 43.5 Å². The van der Waals surface area contributed by atoms with E-state index in [0.717, 1.165) is 26.9 Å². The second-order valence-electron chi connectivity index (χ2n) is 8.69. The van der Waals surface area contributed by atoms with Gasteiger partial charge in [0.05, 0.1) is 39.3 Å². The number of nitrogens with zero attached hydrogens (tertiary/aromatic N) is 5. The Labute approximate surface area is 256 Å². The fourth-order valence-electron chi connectivity index (χ4n) is 3.93. The molecule has 0 aliphatic heterocycles. The molecular formula is C27H31N7O5S3. The number of amides is 2. The van der Waals surface area contributed by atoms with E-state index in [1.54, 1.807) is 23.9 Å². The maximum atomic E-state index is 13.2. The molecule has 4 rings (SSSR count). The number of hydrogen-bond acceptors (Lipinski definition) is 12. The Hall–Kier alpha value is -3.82. The minimum atomic E-state index is -0.365. The van der Waals surface area contributed by atoms with Crippen molar-refractivity contribution in [1.29, 1.82) is 0 Å². The summed E-state index contributed by atoms with van der Waals surface area (Å²) in [5.41, 5.74) is 3.28. The van der Waals surface area contributed by atoms with Crippen LogP contribution >= 0.6 is 34.9 Å². The molecule has 0 saturated carbocycles. The molecule has 4 aromatic rings. The summed E-state index contributed by atoms with van der Waals surface area (Å²) in [6.45, 7) is 6.12. The van der Waals surface area contributed by atoms with Gasteiger partial charge in [0.2, 0.25) is 16.8 Å². The zero-order valence-corrected chi connectivity index (χ0v) is 26.5. The number of nitrogens with one attached hydrogen (secondary N) is 2. The fraction of sp³-hybridized carbons (Fsp3) is 0.333. The van der Waals surface area contributed by atoms with Gasteiger partial charge in [-0.25, -0.2) is 0 Å². The quantitative estimate of drug-likeness (QED) is 0.159. The number of hydrogen-bond donors (Lipinski definition) is 2. The number of carbonyl (C=O) groups is 2. The van der Waals surface area contributed by atoms with Crippen molar-refractivity contribution in [1.82, 2.24) is 30.3 Å². The number of ether oxygens (including phenoxy) is 3. The Balaban J connectivity index is 1.55. The normalized spacial score (nSPS) is 10.8. The Kier molecular flexibility index (Phi) is 10.7. The number of thioether (sulfide) groups is 2. The van der Waals surface area contributed by atoms with Gasteiger partial charge < -0.3 is 19.5 Å². The molecule has 0 atom stereocenters. The first kappa shape index (κ1) is 31.1. The zero-order chi connectivity index (χ0) is 30.2. The Morgan fingerprint density at radius 1 is 0.976 bits per heavy atom. The molecule has 15 heteroatoms. The highest BCUT2D eigenvalue weighted by atomic mass is 32.2. The van der Waals surface area contributed by atoms with Crippen LogP contribution in [0.1, 0.15) is 34.2 Å². The second kappa shape index (κ2) is 14.4. The summed E-state index contributed by atoms with van der Waals surface area (Å²) in [5, 5.41) is 23.5. The molecule has 0 saturated heterocycles. The smallest absolute Gasteiger partial charge is 0.251 e. The molecule has 2 amide bonds. The van der Waals surface area contributed by atoms with E-state index in [2.05, 4.69) is 31.0 Å². The van der Waals surface area contributed by atoms with Crippen molar-refractivity contribution in [2.45, 2.75) is 36.8 Å². The zero-order valence-electron chi connectivity index (χ0n) is 24.0. The first-order chi connectivity index (χ1) is 20.3. The van der Waals surface area contributed by atoms with E-state index in [1.165, 1.54) is 44.4 Å². The average molecular weight is 630 g/mol. The Morgan fingerprint density at radius 2 is 1.71 bits per heavy atom. The van der Waals surface area contributed by atoms with Crippen molar-refractivity contribution < 1.29 is 23.8 Å². The van der Waals surface area contributed by atoms with Crippen molar-refractivity contribution in [2.75, 3.05) is 38.2 Å². The molecule has 2 heterocycles. The third-order valence-corrected chi connectivity index (χ3v) is 8.89. The van der Waals surface area contributed by atoms with Crippen LogP contribution in [0.15, 0.2) is 39.8 Å². The van der Waals surface area contributed by atoms with Gasteiger partial charge in [0, 0.05) is 5.56 Å². The topological polar surface area (TPSA) is 142 Å². The summed E-state index contributed by atoms with van der Waals surface area (Å²) in [4.78, 5) is 25.9. The van der Waals surface area contributed by atoms with Crippen molar-refractivity contribution in [3.63, 3.8) is 0 Å². The highest BCUT2D eigenvalue weighted by Gasteiger charge is 2.21. The van der Waals surface area contributed by atoms with Crippen LogP contribution in [0, 0.1) is 13.8 Å². The second-order valence-corrected chi connectivity index (χ2v) is 12.1. The highest BCUT2D eigenvalue weighted by Crippen LogP contribution is 2.38. The molecule has 222 valence electrons. The lowest BCUT2D eigenvalue weighted by Crippen LogP contribution is -2.25. The minimum absolute atomic E-state index is 0.0747. The van der Waals surface area contributed by atoms with Gasteiger partial charge in [0.15, 0.2) is 26.8 Å². The van der Waals surface area contributed by atoms with Gasteiger partial charge in [0.25, 0.3) is 5.91 Å². The Bertz CT molecular complexity index is 1550. The van der Waals surface area contributed by atoms with Crippen LogP contribution in [0.5, 0.6) is 17.2 Å². The van der Waals surface area contributed by atoms with E-state index in [9.17, 15) is 9.59 Å². The van der Waals surface area contributed by atoms with E-state index in [0.29, 0.717) is 38.9 Å². The van der Waals surface area contributed by atoms with Crippen molar-refractivity contribution >= 4 is 51.8 Å². The molecule has 2 aromatic carbocycles.